The van der Waals surface area contributed by atoms with Gasteiger partial charge in [0.05, 0.1) is 11.4 Å². The van der Waals surface area contributed by atoms with Gasteiger partial charge >= 0.3 is 0 Å². The van der Waals surface area contributed by atoms with E-state index in [2.05, 4.69) is 9.97 Å². The van der Waals surface area contributed by atoms with Gasteiger partial charge in [-0.3, -0.25) is 0 Å². The molecule has 0 saturated carbocycles. The van der Waals surface area contributed by atoms with Gasteiger partial charge in [0, 0.05) is 6.20 Å². The van der Waals surface area contributed by atoms with Crippen molar-refractivity contribution in [1.82, 2.24) is 9.97 Å². The molecule has 0 aliphatic rings. The molecule has 5 heteroatoms. The molecule has 0 atom stereocenters. The van der Waals surface area contributed by atoms with Crippen LogP contribution in [-0.2, 0) is 0 Å². The van der Waals surface area contributed by atoms with Crippen LogP contribution in [0.4, 0.5) is 5.69 Å². The maximum atomic E-state index is 5.76. The minimum atomic E-state index is 0.579. The summed E-state index contributed by atoms with van der Waals surface area (Å²) in [6.45, 7) is 3.79. The van der Waals surface area contributed by atoms with E-state index in [1.807, 2.05) is 13.8 Å². The standard InChI is InChI=1S/C10H11N3OS/c1-6-7(2)14-10(13-6)15-9-8(11)4-3-5-12-9/h3-5H,11H2,1-2H3. The fourth-order valence-electron chi connectivity index (χ4n) is 1.06. The van der Waals surface area contributed by atoms with Crippen LogP contribution in [0.1, 0.15) is 11.5 Å². The first-order valence-corrected chi connectivity index (χ1v) is 5.31. The molecule has 0 radical (unpaired) electrons. The van der Waals surface area contributed by atoms with Gasteiger partial charge < -0.3 is 10.2 Å². The lowest BCUT2D eigenvalue weighted by molar-refractivity contribution is 0.431. The van der Waals surface area contributed by atoms with Crippen LogP contribution in [0.25, 0.3) is 0 Å². The van der Waals surface area contributed by atoms with E-state index < -0.39 is 0 Å². The second-order valence-electron chi connectivity index (χ2n) is 3.12. The molecule has 2 aromatic rings. The number of aromatic nitrogens is 2. The minimum Gasteiger partial charge on any atom is -0.436 e. The molecule has 0 saturated heterocycles. The first-order chi connectivity index (χ1) is 7.16. The van der Waals surface area contributed by atoms with Crippen LogP contribution >= 0.6 is 11.8 Å². The number of pyridine rings is 1. The molecule has 2 N–H and O–H groups in total. The Hall–Kier alpha value is -1.49. The molecule has 0 aliphatic carbocycles. The average Bonchev–Trinajstić information content (AvgIpc) is 2.50. The molecule has 0 amide bonds. The van der Waals surface area contributed by atoms with E-state index in [1.54, 1.807) is 18.3 Å². The third-order valence-electron chi connectivity index (χ3n) is 1.99. The number of rotatable bonds is 2. The summed E-state index contributed by atoms with van der Waals surface area (Å²) in [5.74, 6) is 0.826. The van der Waals surface area contributed by atoms with E-state index in [-0.39, 0.29) is 0 Å². The Bertz CT molecular complexity index is 462. The van der Waals surface area contributed by atoms with Gasteiger partial charge in [-0.2, -0.15) is 0 Å². The van der Waals surface area contributed by atoms with Gasteiger partial charge in [-0.15, -0.1) is 0 Å². The highest BCUT2D eigenvalue weighted by atomic mass is 32.2. The summed E-state index contributed by atoms with van der Waals surface area (Å²) in [6.07, 6.45) is 1.70. The van der Waals surface area contributed by atoms with Crippen LogP contribution in [0.3, 0.4) is 0 Å². The van der Waals surface area contributed by atoms with E-state index >= 15 is 0 Å². The van der Waals surface area contributed by atoms with Crippen LogP contribution in [0, 0.1) is 13.8 Å². The van der Waals surface area contributed by atoms with Crippen molar-refractivity contribution in [3.8, 4) is 0 Å². The number of hydrogen-bond donors (Lipinski definition) is 1. The van der Waals surface area contributed by atoms with E-state index in [9.17, 15) is 0 Å². The van der Waals surface area contributed by atoms with Gasteiger partial charge in [0.1, 0.15) is 10.8 Å². The first kappa shape index (κ1) is 10.0. The molecule has 2 rings (SSSR count). The van der Waals surface area contributed by atoms with Crippen molar-refractivity contribution < 1.29 is 4.42 Å². The molecule has 4 nitrogen and oxygen atoms in total. The summed E-state index contributed by atoms with van der Waals surface area (Å²) in [5.41, 5.74) is 7.29. The Kier molecular flexibility index (Phi) is 2.64. The van der Waals surface area contributed by atoms with Crippen molar-refractivity contribution in [2.45, 2.75) is 24.1 Å². The van der Waals surface area contributed by atoms with Gasteiger partial charge in [-0.25, -0.2) is 9.97 Å². The van der Waals surface area contributed by atoms with Gasteiger partial charge in [0.25, 0.3) is 5.22 Å². The van der Waals surface area contributed by atoms with E-state index in [4.69, 9.17) is 10.2 Å². The van der Waals surface area contributed by atoms with Crippen molar-refractivity contribution in [3.63, 3.8) is 0 Å². The molecular formula is C10H11N3OS. The average molecular weight is 221 g/mol. The maximum absolute atomic E-state index is 5.76. The number of nitrogen functional groups attached to an aromatic ring is 1. The van der Waals surface area contributed by atoms with E-state index in [1.165, 1.54) is 11.8 Å². The van der Waals surface area contributed by atoms with Gasteiger partial charge in [0.15, 0.2) is 0 Å². The van der Waals surface area contributed by atoms with Crippen molar-refractivity contribution in [2.24, 2.45) is 0 Å². The lowest BCUT2D eigenvalue weighted by atomic mass is 10.4. The van der Waals surface area contributed by atoms with Gasteiger partial charge in [0.2, 0.25) is 0 Å². The van der Waals surface area contributed by atoms with Crippen LogP contribution in [0.2, 0.25) is 0 Å². The van der Waals surface area contributed by atoms with Crippen molar-refractivity contribution in [2.75, 3.05) is 5.73 Å². The number of nitrogens with zero attached hydrogens (tertiary/aromatic N) is 2. The highest BCUT2D eigenvalue weighted by Gasteiger charge is 2.09. The number of aryl methyl sites for hydroxylation is 2. The molecule has 15 heavy (non-hydrogen) atoms. The monoisotopic (exact) mass is 221 g/mol. The van der Waals surface area contributed by atoms with Crippen LogP contribution in [0.5, 0.6) is 0 Å². The smallest absolute Gasteiger partial charge is 0.262 e. The SMILES string of the molecule is Cc1nc(Sc2ncccc2N)oc1C. The summed E-state index contributed by atoms with van der Waals surface area (Å²) < 4.78 is 5.43. The molecule has 0 spiro atoms. The predicted octanol–water partition coefficient (Wildman–Crippen LogP) is 2.42. The Labute approximate surface area is 91.9 Å². The zero-order chi connectivity index (χ0) is 10.8. The lowest BCUT2D eigenvalue weighted by Gasteiger charge is -1.98. The quantitative estimate of drug-likeness (QED) is 0.843. The predicted molar refractivity (Wildman–Crippen MR) is 58.7 cm³/mol. The summed E-state index contributed by atoms with van der Waals surface area (Å²) in [7, 11) is 0. The third-order valence-corrected chi connectivity index (χ3v) is 2.88. The topological polar surface area (TPSA) is 64.9 Å². The molecule has 0 bridgehead atoms. The highest BCUT2D eigenvalue weighted by Crippen LogP contribution is 2.30. The molecule has 0 unspecified atom stereocenters. The van der Waals surface area contributed by atoms with Crippen LogP contribution < -0.4 is 5.73 Å². The van der Waals surface area contributed by atoms with Gasteiger partial charge in [-0.05, 0) is 37.7 Å². The second-order valence-corrected chi connectivity index (χ2v) is 4.06. The molecule has 78 valence electrons. The molecule has 2 heterocycles. The normalized spacial score (nSPS) is 10.5. The molecule has 0 aliphatic heterocycles. The summed E-state index contributed by atoms with van der Waals surface area (Å²) in [4.78, 5) is 8.40. The zero-order valence-corrected chi connectivity index (χ0v) is 9.34. The van der Waals surface area contributed by atoms with Crippen LogP contribution in [0.15, 0.2) is 33.0 Å². The number of anilines is 1. The number of nitrogens with two attached hydrogens (primary N) is 1. The maximum Gasteiger partial charge on any atom is 0.262 e. The molecule has 2 aromatic heterocycles. The van der Waals surface area contributed by atoms with Crippen LogP contribution in [-0.4, -0.2) is 9.97 Å². The Morgan fingerprint density at radius 2 is 2.20 bits per heavy atom. The molecular weight excluding hydrogens is 210 g/mol. The molecule has 0 fully saturated rings. The third kappa shape index (κ3) is 2.12. The fourth-order valence-corrected chi connectivity index (χ4v) is 1.87. The summed E-state index contributed by atoms with van der Waals surface area (Å²) >= 11 is 1.34. The summed E-state index contributed by atoms with van der Waals surface area (Å²) in [6, 6.07) is 3.60. The minimum absolute atomic E-state index is 0.579. The first-order valence-electron chi connectivity index (χ1n) is 4.49. The number of hydrogen-bond acceptors (Lipinski definition) is 5. The zero-order valence-electron chi connectivity index (χ0n) is 8.52. The van der Waals surface area contributed by atoms with Crippen molar-refractivity contribution in [1.29, 1.82) is 0 Å². The largest absolute Gasteiger partial charge is 0.436 e. The molecule has 0 aromatic carbocycles. The Morgan fingerprint density at radius 1 is 1.40 bits per heavy atom. The van der Waals surface area contributed by atoms with E-state index in [0.717, 1.165) is 16.5 Å². The summed E-state index contributed by atoms with van der Waals surface area (Å²) in [5, 5.41) is 1.30. The highest BCUT2D eigenvalue weighted by molar-refractivity contribution is 7.99. The number of oxazole rings is 1. The lowest BCUT2D eigenvalue weighted by Crippen LogP contribution is -1.90. The van der Waals surface area contributed by atoms with E-state index in [0.29, 0.717) is 10.9 Å². The Balaban J connectivity index is 2.26. The van der Waals surface area contributed by atoms with Crippen molar-refractivity contribution >= 4 is 17.4 Å². The Morgan fingerprint density at radius 3 is 2.80 bits per heavy atom. The second kappa shape index (κ2) is 3.94. The van der Waals surface area contributed by atoms with Crippen molar-refractivity contribution in [3.05, 3.63) is 29.8 Å². The van der Waals surface area contributed by atoms with Gasteiger partial charge in [-0.1, -0.05) is 0 Å². The fraction of sp³-hybridized carbons (Fsp3) is 0.200.